The third-order valence-corrected chi connectivity index (χ3v) is 6.17. The molecule has 2 aromatic carbocycles. The van der Waals surface area contributed by atoms with Crippen molar-refractivity contribution in [3.8, 4) is 22.9 Å². The number of aryl methyl sites for hydroxylation is 2. The van der Waals surface area contributed by atoms with Gasteiger partial charge in [0.1, 0.15) is 13.2 Å². The van der Waals surface area contributed by atoms with Gasteiger partial charge in [-0.2, -0.15) is 4.98 Å². The van der Waals surface area contributed by atoms with E-state index >= 15 is 0 Å². The molecule has 3 aromatic rings. The third kappa shape index (κ3) is 4.20. The minimum Gasteiger partial charge on any atom is -0.486 e. The molecule has 1 atom stereocenters. The minimum atomic E-state index is 0.0636. The summed E-state index contributed by atoms with van der Waals surface area (Å²) < 4.78 is 16.7. The Kier molecular flexibility index (Phi) is 5.79. The molecular weight excluding hydrogens is 406 g/mol. The highest BCUT2D eigenvalue weighted by molar-refractivity contribution is 5.77. The van der Waals surface area contributed by atoms with Crippen molar-refractivity contribution in [1.82, 2.24) is 15.0 Å². The van der Waals surface area contributed by atoms with Crippen molar-refractivity contribution in [3.63, 3.8) is 0 Å². The number of rotatable bonds is 6. The van der Waals surface area contributed by atoms with Gasteiger partial charge in [0.25, 0.3) is 0 Å². The van der Waals surface area contributed by atoms with Crippen LogP contribution in [-0.4, -0.2) is 40.7 Å². The quantitative estimate of drug-likeness (QED) is 0.575. The van der Waals surface area contributed by atoms with Crippen LogP contribution in [0.5, 0.6) is 11.5 Å². The Bertz CT molecular complexity index is 1090. The lowest BCUT2D eigenvalue weighted by molar-refractivity contribution is -0.132. The molecule has 0 radical (unpaired) electrons. The number of ether oxygens (including phenoxy) is 2. The molecule has 2 aliphatic rings. The fraction of sp³-hybridized carbons (Fsp3) is 0.400. The van der Waals surface area contributed by atoms with Crippen molar-refractivity contribution in [2.24, 2.45) is 0 Å². The Morgan fingerprint density at radius 2 is 1.91 bits per heavy atom. The van der Waals surface area contributed by atoms with Crippen molar-refractivity contribution in [1.29, 1.82) is 0 Å². The summed E-state index contributed by atoms with van der Waals surface area (Å²) in [7, 11) is 0. The van der Waals surface area contributed by atoms with E-state index < -0.39 is 0 Å². The van der Waals surface area contributed by atoms with Gasteiger partial charge in [-0.15, -0.1) is 0 Å². The summed E-state index contributed by atoms with van der Waals surface area (Å²) >= 11 is 0. The summed E-state index contributed by atoms with van der Waals surface area (Å²) in [5.74, 6) is 2.69. The van der Waals surface area contributed by atoms with Crippen LogP contribution in [0.25, 0.3) is 11.4 Å². The van der Waals surface area contributed by atoms with Gasteiger partial charge in [0.15, 0.2) is 11.5 Å². The molecule has 0 aliphatic carbocycles. The number of fused-ring (bicyclic) bond motifs is 1. The Labute approximate surface area is 187 Å². The first-order chi connectivity index (χ1) is 15.7. The number of carbonyl (C=O) groups is 1. The second-order valence-corrected chi connectivity index (χ2v) is 8.21. The lowest BCUT2D eigenvalue weighted by atomic mass is 10.0. The monoisotopic (exact) mass is 433 g/mol. The topological polar surface area (TPSA) is 77.7 Å². The summed E-state index contributed by atoms with van der Waals surface area (Å²) in [6, 6.07) is 14.2. The van der Waals surface area contributed by atoms with Gasteiger partial charge < -0.3 is 18.9 Å². The third-order valence-electron chi connectivity index (χ3n) is 6.17. The molecule has 1 fully saturated rings. The molecule has 0 spiro atoms. The number of hydrogen-bond donors (Lipinski definition) is 0. The highest BCUT2D eigenvalue weighted by atomic mass is 16.6. The van der Waals surface area contributed by atoms with E-state index in [1.807, 2.05) is 35.2 Å². The molecule has 1 aromatic heterocycles. The zero-order valence-electron chi connectivity index (χ0n) is 18.3. The number of likely N-dealkylation sites (tertiary alicyclic amines) is 1. The summed E-state index contributed by atoms with van der Waals surface area (Å²) in [4.78, 5) is 19.5. The Morgan fingerprint density at radius 1 is 1.09 bits per heavy atom. The summed E-state index contributed by atoms with van der Waals surface area (Å²) in [5.41, 5.74) is 3.28. The first-order valence-electron chi connectivity index (χ1n) is 11.3. The van der Waals surface area contributed by atoms with E-state index in [4.69, 9.17) is 14.0 Å². The molecule has 7 heteroatoms. The summed E-state index contributed by atoms with van der Waals surface area (Å²) in [6.07, 6.45) is 3.71. The highest BCUT2D eigenvalue weighted by Crippen LogP contribution is 2.38. The van der Waals surface area contributed by atoms with Gasteiger partial charge >= 0.3 is 0 Å². The predicted molar refractivity (Wildman–Crippen MR) is 119 cm³/mol. The van der Waals surface area contributed by atoms with Crippen LogP contribution < -0.4 is 9.47 Å². The maximum atomic E-state index is 13.0. The van der Waals surface area contributed by atoms with Crippen LogP contribution in [0.4, 0.5) is 0 Å². The molecule has 1 amide bonds. The van der Waals surface area contributed by atoms with Crippen LogP contribution >= 0.6 is 0 Å². The van der Waals surface area contributed by atoms with Crippen LogP contribution in [-0.2, 0) is 17.6 Å². The number of hydrogen-bond acceptors (Lipinski definition) is 6. The van der Waals surface area contributed by atoms with Crippen molar-refractivity contribution >= 4 is 5.91 Å². The zero-order valence-corrected chi connectivity index (χ0v) is 18.3. The molecule has 1 unspecified atom stereocenters. The molecule has 7 nitrogen and oxygen atoms in total. The van der Waals surface area contributed by atoms with Crippen molar-refractivity contribution in [2.45, 2.75) is 45.1 Å². The van der Waals surface area contributed by atoms with Gasteiger partial charge in [-0.3, -0.25) is 4.79 Å². The van der Waals surface area contributed by atoms with E-state index in [-0.39, 0.29) is 11.9 Å². The Balaban J connectivity index is 1.22. The fourth-order valence-electron chi connectivity index (χ4n) is 4.40. The molecule has 0 N–H and O–H groups in total. The van der Waals surface area contributed by atoms with Gasteiger partial charge in [-0.1, -0.05) is 42.4 Å². The van der Waals surface area contributed by atoms with Crippen LogP contribution in [0.3, 0.4) is 0 Å². The van der Waals surface area contributed by atoms with Gasteiger partial charge in [-0.25, -0.2) is 0 Å². The molecule has 0 saturated carbocycles. The maximum absolute atomic E-state index is 13.0. The molecule has 2 aliphatic heterocycles. The van der Waals surface area contributed by atoms with Crippen LogP contribution in [0.2, 0.25) is 0 Å². The van der Waals surface area contributed by atoms with Crippen LogP contribution in [0.15, 0.2) is 47.0 Å². The first kappa shape index (κ1) is 20.5. The minimum absolute atomic E-state index is 0.0636. The zero-order chi connectivity index (χ0) is 21.9. The fourth-order valence-corrected chi connectivity index (χ4v) is 4.40. The van der Waals surface area contributed by atoms with Gasteiger partial charge in [0.05, 0.1) is 6.04 Å². The number of aromatic nitrogens is 2. The lowest BCUT2D eigenvalue weighted by Gasteiger charge is -2.26. The van der Waals surface area contributed by atoms with Crippen LogP contribution in [0.1, 0.15) is 49.2 Å². The predicted octanol–water partition coefficient (Wildman–Crippen LogP) is 4.37. The number of amides is 1. The second-order valence-electron chi connectivity index (χ2n) is 8.21. The lowest BCUT2D eigenvalue weighted by Crippen LogP contribution is -2.30. The molecule has 5 rings (SSSR count). The average molecular weight is 434 g/mol. The molecule has 0 bridgehead atoms. The van der Waals surface area contributed by atoms with Crippen molar-refractivity contribution < 1.29 is 18.8 Å². The van der Waals surface area contributed by atoms with Crippen molar-refractivity contribution in [3.05, 3.63) is 59.5 Å². The van der Waals surface area contributed by atoms with E-state index in [0.717, 1.165) is 48.4 Å². The summed E-state index contributed by atoms with van der Waals surface area (Å²) in [5, 5.41) is 4.08. The standard InChI is InChI=1S/C25H27N3O4/c1-2-17-5-7-18(8-6-17)25-26-23(32-27-25)11-12-24(29)28-13-3-4-20(28)19-9-10-21-22(16-19)31-15-14-30-21/h5-10,16,20H,2-4,11-15H2,1H3. The van der Waals surface area contributed by atoms with Gasteiger partial charge in [0, 0.05) is 24.9 Å². The largest absolute Gasteiger partial charge is 0.486 e. The number of carbonyl (C=O) groups excluding carboxylic acids is 1. The number of nitrogens with zero attached hydrogens (tertiary/aromatic N) is 3. The van der Waals surface area contributed by atoms with E-state index in [1.165, 1.54) is 5.56 Å². The molecule has 3 heterocycles. The average Bonchev–Trinajstić information content (AvgIpc) is 3.52. The summed E-state index contributed by atoms with van der Waals surface area (Å²) in [6.45, 7) is 4.01. The normalized spacial score (nSPS) is 17.5. The van der Waals surface area contributed by atoms with E-state index in [9.17, 15) is 4.79 Å². The maximum Gasteiger partial charge on any atom is 0.227 e. The Hall–Kier alpha value is -3.35. The van der Waals surface area contributed by atoms with Gasteiger partial charge in [-0.05, 0) is 42.5 Å². The highest BCUT2D eigenvalue weighted by Gasteiger charge is 2.31. The molecule has 32 heavy (non-hydrogen) atoms. The SMILES string of the molecule is CCc1ccc(-c2noc(CCC(=O)N3CCCC3c3ccc4c(c3)OCCO4)n2)cc1. The Morgan fingerprint density at radius 3 is 2.72 bits per heavy atom. The first-order valence-corrected chi connectivity index (χ1v) is 11.3. The molecule has 166 valence electrons. The van der Waals surface area contributed by atoms with E-state index in [1.54, 1.807) is 0 Å². The molecular formula is C25H27N3O4. The van der Waals surface area contributed by atoms with E-state index in [0.29, 0.717) is 37.8 Å². The van der Waals surface area contributed by atoms with Crippen molar-refractivity contribution in [2.75, 3.05) is 19.8 Å². The molecule has 1 saturated heterocycles. The van der Waals surface area contributed by atoms with E-state index in [2.05, 4.69) is 29.2 Å². The van der Waals surface area contributed by atoms with Crippen LogP contribution in [0, 0.1) is 0 Å². The second kappa shape index (κ2) is 9.02. The smallest absolute Gasteiger partial charge is 0.227 e. The van der Waals surface area contributed by atoms with Gasteiger partial charge in [0.2, 0.25) is 17.6 Å². The number of benzene rings is 2.